The molecule has 0 aliphatic heterocycles. The minimum Gasteiger partial charge on any atom is -0.462 e. The van der Waals surface area contributed by atoms with Crippen molar-refractivity contribution in [2.24, 2.45) is 0 Å². The molecular weight excluding hydrogens is 250 g/mol. The van der Waals surface area contributed by atoms with E-state index in [1.807, 2.05) is 50.2 Å². The third kappa shape index (κ3) is 3.38. The van der Waals surface area contributed by atoms with Crippen molar-refractivity contribution in [3.8, 4) is 0 Å². The minimum atomic E-state index is -0.315. The predicted molar refractivity (Wildman–Crippen MR) is 80.8 cm³/mol. The van der Waals surface area contributed by atoms with Crippen LogP contribution >= 0.6 is 0 Å². The van der Waals surface area contributed by atoms with Crippen LogP contribution in [0.3, 0.4) is 0 Å². The Morgan fingerprint density at radius 1 is 1.10 bits per heavy atom. The number of rotatable bonds is 4. The smallest absolute Gasteiger partial charge is 0.338 e. The van der Waals surface area contributed by atoms with Crippen molar-refractivity contribution in [3.05, 3.63) is 64.7 Å². The molecule has 3 nitrogen and oxygen atoms in total. The maximum absolute atomic E-state index is 12.0. The van der Waals surface area contributed by atoms with Crippen molar-refractivity contribution in [2.75, 3.05) is 12.3 Å². The summed E-state index contributed by atoms with van der Waals surface area (Å²) in [7, 11) is 0. The second-order valence-corrected chi connectivity index (χ2v) is 4.90. The lowest BCUT2D eigenvalue weighted by atomic mass is 10.0. The second kappa shape index (κ2) is 6.24. The van der Waals surface area contributed by atoms with E-state index in [0.29, 0.717) is 24.3 Å². The van der Waals surface area contributed by atoms with Gasteiger partial charge in [-0.15, -0.1) is 0 Å². The lowest BCUT2D eigenvalue weighted by Gasteiger charge is -2.10. The fourth-order valence-corrected chi connectivity index (χ4v) is 2.07. The molecule has 2 aromatic rings. The molecule has 104 valence electrons. The van der Waals surface area contributed by atoms with E-state index in [-0.39, 0.29) is 5.97 Å². The molecule has 0 radical (unpaired) electrons. The van der Waals surface area contributed by atoms with Crippen LogP contribution in [0.15, 0.2) is 42.5 Å². The molecule has 0 amide bonds. The third-order valence-electron chi connectivity index (χ3n) is 3.30. The highest BCUT2D eigenvalue weighted by molar-refractivity contribution is 5.92. The highest BCUT2D eigenvalue weighted by atomic mass is 16.5. The van der Waals surface area contributed by atoms with E-state index in [1.165, 1.54) is 0 Å². The summed E-state index contributed by atoms with van der Waals surface area (Å²) in [6.45, 7) is 4.18. The summed E-state index contributed by atoms with van der Waals surface area (Å²) in [6.07, 6.45) is 0.715. The van der Waals surface area contributed by atoms with Gasteiger partial charge in [0.25, 0.3) is 0 Å². The Labute approximate surface area is 119 Å². The van der Waals surface area contributed by atoms with Crippen LogP contribution in [0.25, 0.3) is 0 Å². The molecule has 2 aromatic carbocycles. The average Bonchev–Trinajstić information content (AvgIpc) is 2.44. The van der Waals surface area contributed by atoms with E-state index in [2.05, 4.69) is 0 Å². The van der Waals surface area contributed by atoms with Crippen LogP contribution in [0, 0.1) is 13.8 Å². The Kier molecular flexibility index (Phi) is 4.41. The highest BCUT2D eigenvalue weighted by Crippen LogP contribution is 2.18. The van der Waals surface area contributed by atoms with Gasteiger partial charge in [0.15, 0.2) is 0 Å². The van der Waals surface area contributed by atoms with Gasteiger partial charge in [-0.2, -0.15) is 0 Å². The van der Waals surface area contributed by atoms with Crippen LogP contribution in [0.2, 0.25) is 0 Å². The Morgan fingerprint density at radius 2 is 1.80 bits per heavy atom. The van der Waals surface area contributed by atoms with Crippen LogP contribution in [-0.2, 0) is 11.2 Å². The molecule has 0 unspecified atom stereocenters. The van der Waals surface area contributed by atoms with Gasteiger partial charge in [0.05, 0.1) is 12.2 Å². The van der Waals surface area contributed by atoms with Crippen LogP contribution < -0.4 is 5.73 Å². The molecule has 2 N–H and O–H groups in total. The number of carbonyl (C=O) groups excluding carboxylic acids is 1. The molecule has 20 heavy (non-hydrogen) atoms. The molecule has 0 aliphatic carbocycles. The fourth-order valence-electron chi connectivity index (χ4n) is 2.07. The number of aryl methyl sites for hydroxylation is 2. The number of hydrogen-bond acceptors (Lipinski definition) is 3. The zero-order valence-electron chi connectivity index (χ0n) is 11.8. The number of benzene rings is 2. The molecule has 0 heterocycles. The first-order chi connectivity index (χ1) is 9.58. The number of hydrogen-bond donors (Lipinski definition) is 1. The highest BCUT2D eigenvalue weighted by Gasteiger charge is 2.12. The monoisotopic (exact) mass is 269 g/mol. The van der Waals surface area contributed by atoms with Gasteiger partial charge in [-0.1, -0.05) is 36.4 Å². The van der Waals surface area contributed by atoms with E-state index < -0.39 is 0 Å². The molecule has 0 aliphatic rings. The zero-order valence-corrected chi connectivity index (χ0v) is 11.8. The zero-order chi connectivity index (χ0) is 14.5. The molecule has 0 aromatic heterocycles. The second-order valence-electron chi connectivity index (χ2n) is 4.90. The van der Waals surface area contributed by atoms with Crippen molar-refractivity contribution >= 4 is 11.7 Å². The molecule has 2 rings (SSSR count). The van der Waals surface area contributed by atoms with Crippen molar-refractivity contribution in [1.82, 2.24) is 0 Å². The first-order valence-corrected chi connectivity index (χ1v) is 6.65. The molecule has 0 spiro atoms. The summed E-state index contributed by atoms with van der Waals surface area (Å²) in [5.74, 6) is -0.315. The number of nitrogens with two attached hydrogens (primary N) is 1. The Morgan fingerprint density at radius 3 is 2.50 bits per heavy atom. The number of carbonyl (C=O) groups is 1. The molecule has 0 saturated carbocycles. The van der Waals surface area contributed by atoms with Gasteiger partial charge in [0.1, 0.15) is 0 Å². The molecule has 0 atom stereocenters. The molecule has 0 bridgehead atoms. The Hall–Kier alpha value is -2.29. The third-order valence-corrected chi connectivity index (χ3v) is 3.30. The van der Waals surface area contributed by atoms with Crippen LogP contribution in [-0.4, -0.2) is 12.6 Å². The predicted octanol–water partition coefficient (Wildman–Crippen LogP) is 3.29. The summed E-state index contributed by atoms with van der Waals surface area (Å²) in [5.41, 5.74) is 10.0. The van der Waals surface area contributed by atoms with Crippen molar-refractivity contribution in [2.45, 2.75) is 20.3 Å². The van der Waals surface area contributed by atoms with Gasteiger partial charge in [-0.3, -0.25) is 0 Å². The summed E-state index contributed by atoms with van der Waals surface area (Å²) < 4.78 is 5.31. The molecule has 3 heteroatoms. The van der Waals surface area contributed by atoms with E-state index in [1.54, 1.807) is 6.07 Å². The number of anilines is 1. The van der Waals surface area contributed by atoms with E-state index in [9.17, 15) is 4.79 Å². The Balaban J connectivity index is 1.97. The SMILES string of the molecule is Cc1cc(C)c(C(=O)OCCc2ccccc2)cc1N. The van der Waals surface area contributed by atoms with Crippen LogP contribution in [0.1, 0.15) is 27.0 Å². The summed E-state index contributed by atoms with van der Waals surface area (Å²) in [6, 6.07) is 13.5. The largest absolute Gasteiger partial charge is 0.462 e. The maximum Gasteiger partial charge on any atom is 0.338 e. The number of nitrogen functional groups attached to an aromatic ring is 1. The number of ether oxygens (including phenoxy) is 1. The van der Waals surface area contributed by atoms with Gasteiger partial charge in [0.2, 0.25) is 0 Å². The maximum atomic E-state index is 12.0. The van der Waals surface area contributed by atoms with E-state index in [4.69, 9.17) is 10.5 Å². The van der Waals surface area contributed by atoms with Gasteiger partial charge in [-0.25, -0.2) is 4.79 Å². The lowest BCUT2D eigenvalue weighted by Crippen LogP contribution is -2.10. The lowest BCUT2D eigenvalue weighted by molar-refractivity contribution is 0.0508. The first-order valence-electron chi connectivity index (χ1n) is 6.65. The van der Waals surface area contributed by atoms with Crippen molar-refractivity contribution in [1.29, 1.82) is 0 Å². The van der Waals surface area contributed by atoms with E-state index in [0.717, 1.165) is 16.7 Å². The van der Waals surface area contributed by atoms with Crippen LogP contribution in [0.4, 0.5) is 5.69 Å². The quantitative estimate of drug-likeness (QED) is 0.684. The summed E-state index contributed by atoms with van der Waals surface area (Å²) in [5, 5.41) is 0. The van der Waals surface area contributed by atoms with Crippen molar-refractivity contribution in [3.63, 3.8) is 0 Å². The number of esters is 1. The first kappa shape index (κ1) is 14.1. The summed E-state index contributed by atoms with van der Waals surface area (Å²) in [4.78, 5) is 12.0. The van der Waals surface area contributed by atoms with Gasteiger partial charge in [0, 0.05) is 12.1 Å². The van der Waals surface area contributed by atoms with E-state index >= 15 is 0 Å². The van der Waals surface area contributed by atoms with Crippen LogP contribution in [0.5, 0.6) is 0 Å². The van der Waals surface area contributed by atoms with Gasteiger partial charge in [-0.05, 0) is 36.6 Å². The van der Waals surface area contributed by atoms with Gasteiger partial charge >= 0.3 is 5.97 Å². The van der Waals surface area contributed by atoms with Crippen molar-refractivity contribution < 1.29 is 9.53 Å². The fraction of sp³-hybridized carbons (Fsp3) is 0.235. The molecular formula is C17H19NO2. The minimum absolute atomic E-state index is 0.315. The Bertz CT molecular complexity index is 606. The normalized spacial score (nSPS) is 10.3. The molecule has 0 saturated heterocycles. The van der Waals surface area contributed by atoms with Gasteiger partial charge < -0.3 is 10.5 Å². The average molecular weight is 269 g/mol. The standard InChI is InChI=1S/C17H19NO2/c1-12-10-13(2)16(18)11-15(12)17(19)20-9-8-14-6-4-3-5-7-14/h3-7,10-11H,8-9,18H2,1-2H3. The molecule has 0 fully saturated rings. The topological polar surface area (TPSA) is 52.3 Å². The summed E-state index contributed by atoms with van der Waals surface area (Å²) >= 11 is 0.